The molecule has 0 aliphatic heterocycles. The van der Waals surface area contributed by atoms with Gasteiger partial charge in [-0.25, -0.2) is 4.98 Å². The molecular formula is C20H21F3N4O5. The number of alkyl halides is 3. The molecule has 0 spiro atoms. The van der Waals surface area contributed by atoms with E-state index < -0.39 is 53.7 Å². The number of nitrogens with one attached hydrogen (secondary N) is 2. The van der Waals surface area contributed by atoms with E-state index in [4.69, 9.17) is 10.8 Å². The first-order chi connectivity index (χ1) is 14.9. The number of amides is 2. The number of aromatic amines is 1. The predicted octanol–water partition coefficient (Wildman–Crippen LogP) is 1.48. The minimum Gasteiger partial charge on any atom is -0.481 e. The number of H-pyrrole nitrogens is 1. The zero-order chi connectivity index (χ0) is 24.1. The summed E-state index contributed by atoms with van der Waals surface area (Å²) in [5, 5.41) is 11.1. The monoisotopic (exact) mass is 454 g/mol. The molecule has 0 fully saturated rings. The van der Waals surface area contributed by atoms with Crippen molar-refractivity contribution in [1.82, 2.24) is 15.3 Å². The number of ketones is 1. The summed E-state index contributed by atoms with van der Waals surface area (Å²) in [5.74, 6) is -5.25. The van der Waals surface area contributed by atoms with Crippen LogP contribution in [0.3, 0.4) is 0 Å². The Bertz CT molecular complexity index is 1000. The van der Waals surface area contributed by atoms with Gasteiger partial charge in [0.2, 0.25) is 5.91 Å². The van der Waals surface area contributed by atoms with Crippen LogP contribution in [0.15, 0.2) is 30.5 Å². The van der Waals surface area contributed by atoms with Gasteiger partial charge in [-0.1, -0.05) is 12.1 Å². The van der Waals surface area contributed by atoms with Crippen molar-refractivity contribution in [1.29, 1.82) is 0 Å². The number of carbonyl (C=O) groups is 4. The van der Waals surface area contributed by atoms with E-state index >= 15 is 0 Å². The van der Waals surface area contributed by atoms with Crippen molar-refractivity contribution < 1.29 is 37.5 Å². The molecule has 9 nitrogen and oxygen atoms in total. The SMILES string of the molecule is C[C@H](NC(=O)c1c[nH]c(CCc2ccc(C(F)(F)F)cc2)n1)C(=O)[C@H](CC(=O)O)C(N)=O. The van der Waals surface area contributed by atoms with E-state index in [1.54, 1.807) is 0 Å². The summed E-state index contributed by atoms with van der Waals surface area (Å²) in [5.41, 5.74) is 4.92. The molecule has 32 heavy (non-hydrogen) atoms. The Kier molecular flexibility index (Phi) is 7.73. The Hall–Kier alpha value is -3.70. The quantitative estimate of drug-likeness (QED) is 0.399. The summed E-state index contributed by atoms with van der Waals surface area (Å²) in [7, 11) is 0. The van der Waals surface area contributed by atoms with Crippen molar-refractivity contribution in [2.24, 2.45) is 11.7 Å². The third kappa shape index (κ3) is 6.65. The van der Waals surface area contributed by atoms with Crippen LogP contribution in [0.5, 0.6) is 0 Å². The Labute approximate surface area is 180 Å². The second kappa shape index (κ2) is 10.1. The minimum absolute atomic E-state index is 0.0547. The smallest absolute Gasteiger partial charge is 0.416 e. The van der Waals surface area contributed by atoms with Gasteiger partial charge in [0.05, 0.1) is 18.0 Å². The number of nitrogens with zero attached hydrogens (tertiary/aromatic N) is 1. The first kappa shape index (κ1) is 24.6. The molecule has 12 heteroatoms. The van der Waals surface area contributed by atoms with E-state index in [1.165, 1.54) is 25.3 Å². The standard InChI is InChI=1S/C20H21F3N4O5/c1-10(17(30)13(18(24)31)8-16(28)29)26-19(32)14-9-25-15(27-14)7-4-11-2-5-12(6-3-11)20(21,22)23/h2-3,5-6,9-10,13H,4,7-8H2,1H3,(H2,24,31)(H,25,27)(H,26,32)(H,28,29)/t10-,13-/m0/s1. The lowest BCUT2D eigenvalue weighted by molar-refractivity contribution is -0.144. The van der Waals surface area contributed by atoms with Crippen molar-refractivity contribution >= 4 is 23.6 Å². The molecule has 1 heterocycles. The van der Waals surface area contributed by atoms with Gasteiger partial charge in [-0.3, -0.25) is 19.2 Å². The number of benzene rings is 1. The number of rotatable bonds is 10. The number of carboxylic acid groups (broad SMARTS) is 1. The van der Waals surface area contributed by atoms with Gasteiger partial charge in [0.25, 0.3) is 5.91 Å². The van der Waals surface area contributed by atoms with E-state index in [1.807, 2.05) is 0 Å². The van der Waals surface area contributed by atoms with Crippen molar-refractivity contribution in [3.8, 4) is 0 Å². The maximum Gasteiger partial charge on any atom is 0.416 e. The maximum atomic E-state index is 12.6. The van der Waals surface area contributed by atoms with Crippen LogP contribution < -0.4 is 11.1 Å². The van der Waals surface area contributed by atoms with Gasteiger partial charge in [-0.2, -0.15) is 13.2 Å². The Morgan fingerprint density at radius 3 is 2.31 bits per heavy atom. The molecule has 2 atom stereocenters. The number of carboxylic acids is 1. The zero-order valence-electron chi connectivity index (χ0n) is 16.9. The van der Waals surface area contributed by atoms with E-state index in [9.17, 15) is 32.3 Å². The molecule has 2 aromatic rings. The molecule has 0 radical (unpaired) electrons. The molecule has 0 aliphatic rings. The van der Waals surface area contributed by atoms with Crippen molar-refractivity contribution in [2.75, 3.05) is 0 Å². The summed E-state index contributed by atoms with van der Waals surface area (Å²) in [6.07, 6.45) is -3.22. The van der Waals surface area contributed by atoms with Crippen LogP contribution in [-0.4, -0.2) is 44.7 Å². The van der Waals surface area contributed by atoms with Crippen LogP contribution in [0.2, 0.25) is 0 Å². The molecule has 172 valence electrons. The Morgan fingerprint density at radius 2 is 1.78 bits per heavy atom. The lowest BCUT2D eigenvalue weighted by Gasteiger charge is -2.16. The highest BCUT2D eigenvalue weighted by Gasteiger charge is 2.32. The number of carbonyl (C=O) groups excluding carboxylic acids is 3. The number of nitrogens with two attached hydrogens (primary N) is 1. The number of Topliss-reactive ketones (excluding diaryl/α,β-unsaturated/α-hetero) is 1. The molecule has 2 amide bonds. The van der Waals surface area contributed by atoms with Gasteiger partial charge in [0.1, 0.15) is 17.4 Å². The lowest BCUT2D eigenvalue weighted by atomic mass is 9.95. The van der Waals surface area contributed by atoms with Crippen molar-refractivity contribution in [2.45, 2.75) is 38.4 Å². The third-order valence-corrected chi connectivity index (χ3v) is 4.64. The summed E-state index contributed by atoms with van der Waals surface area (Å²) in [4.78, 5) is 53.6. The Morgan fingerprint density at radius 1 is 1.16 bits per heavy atom. The van der Waals surface area contributed by atoms with Crippen molar-refractivity contribution in [3.05, 3.63) is 53.1 Å². The molecule has 0 bridgehead atoms. The van der Waals surface area contributed by atoms with Gasteiger partial charge in [-0.15, -0.1) is 0 Å². The van der Waals surface area contributed by atoms with E-state index in [0.717, 1.165) is 12.1 Å². The van der Waals surface area contributed by atoms with Gasteiger partial charge in [0, 0.05) is 12.6 Å². The number of aromatic nitrogens is 2. The predicted molar refractivity (Wildman–Crippen MR) is 104 cm³/mol. The van der Waals surface area contributed by atoms with E-state index in [2.05, 4.69) is 15.3 Å². The lowest BCUT2D eigenvalue weighted by Crippen LogP contribution is -2.45. The number of aryl methyl sites for hydroxylation is 2. The highest BCUT2D eigenvalue weighted by Crippen LogP contribution is 2.29. The third-order valence-electron chi connectivity index (χ3n) is 4.64. The first-order valence-corrected chi connectivity index (χ1v) is 9.44. The summed E-state index contributed by atoms with van der Waals surface area (Å²) >= 11 is 0. The van der Waals surface area contributed by atoms with E-state index in [-0.39, 0.29) is 5.69 Å². The average Bonchev–Trinajstić information content (AvgIpc) is 3.18. The van der Waals surface area contributed by atoms with Gasteiger partial charge < -0.3 is 21.1 Å². The second-order valence-corrected chi connectivity index (χ2v) is 7.08. The fourth-order valence-corrected chi connectivity index (χ4v) is 2.89. The molecule has 0 unspecified atom stereocenters. The molecular weight excluding hydrogens is 433 g/mol. The molecule has 5 N–H and O–H groups in total. The van der Waals surface area contributed by atoms with Gasteiger partial charge >= 0.3 is 12.1 Å². The number of aliphatic carboxylic acids is 1. The van der Waals surface area contributed by atoms with E-state index in [0.29, 0.717) is 24.2 Å². The second-order valence-electron chi connectivity index (χ2n) is 7.08. The normalized spacial score (nSPS) is 13.2. The Balaban J connectivity index is 1.95. The van der Waals surface area contributed by atoms with Crippen LogP contribution in [0.4, 0.5) is 13.2 Å². The fourth-order valence-electron chi connectivity index (χ4n) is 2.89. The molecule has 1 aromatic heterocycles. The molecule has 0 saturated carbocycles. The topological polar surface area (TPSA) is 155 Å². The fraction of sp³-hybridized carbons (Fsp3) is 0.350. The molecule has 0 aliphatic carbocycles. The number of hydrogen-bond donors (Lipinski definition) is 4. The van der Waals surface area contributed by atoms with Gasteiger partial charge in [0.15, 0.2) is 5.78 Å². The zero-order valence-corrected chi connectivity index (χ0v) is 16.9. The van der Waals surface area contributed by atoms with Crippen LogP contribution in [0, 0.1) is 5.92 Å². The molecule has 2 rings (SSSR count). The number of halogens is 3. The van der Waals surface area contributed by atoms with Crippen LogP contribution in [-0.2, 0) is 33.4 Å². The summed E-state index contributed by atoms with van der Waals surface area (Å²) in [6, 6.07) is 3.50. The number of primary amides is 1. The number of hydrogen-bond acceptors (Lipinski definition) is 5. The minimum atomic E-state index is -4.41. The van der Waals surface area contributed by atoms with Crippen LogP contribution in [0.25, 0.3) is 0 Å². The van der Waals surface area contributed by atoms with Crippen molar-refractivity contribution in [3.63, 3.8) is 0 Å². The maximum absolute atomic E-state index is 12.6. The summed E-state index contributed by atoms with van der Waals surface area (Å²) < 4.78 is 37.8. The van der Waals surface area contributed by atoms with Gasteiger partial charge in [-0.05, 0) is 31.0 Å². The highest BCUT2D eigenvalue weighted by molar-refractivity contribution is 6.06. The van der Waals surface area contributed by atoms with Crippen LogP contribution >= 0.6 is 0 Å². The number of imidazole rings is 1. The summed E-state index contributed by atoms with van der Waals surface area (Å²) in [6.45, 7) is 1.29. The highest BCUT2D eigenvalue weighted by atomic mass is 19.4. The molecule has 1 aromatic carbocycles. The molecule has 0 saturated heterocycles. The average molecular weight is 454 g/mol. The first-order valence-electron chi connectivity index (χ1n) is 9.44. The van der Waals surface area contributed by atoms with Crippen LogP contribution in [0.1, 0.15) is 40.8 Å². The largest absolute Gasteiger partial charge is 0.481 e.